The maximum atomic E-state index is 13.1. The van der Waals surface area contributed by atoms with E-state index in [4.69, 9.17) is 4.52 Å². The third-order valence-corrected chi connectivity index (χ3v) is 4.57. The number of rotatable bonds is 5. The average molecular weight is 365 g/mol. The molecule has 3 aromatic rings. The van der Waals surface area contributed by atoms with E-state index in [0.717, 1.165) is 11.3 Å². The van der Waals surface area contributed by atoms with Crippen molar-refractivity contribution in [2.24, 2.45) is 0 Å². The minimum atomic E-state index is -0.338. The molecule has 0 spiro atoms. The van der Waals surface area contributed by atoms with Crippen molar-refractivity contribution in [2.45, 2.75) is 33.2 Å². The average Bonchev–Trinajstić information content (AvgIpc) is 3.14. The van der Waals surface area contributed by atoms with E-state index in [1.165, 1.54) is 15.7 Å². The summed E-state index contributed by atoms with van der Waals surface area (Å²) in [7, 11) is 1.65. The van der Waals surface area contributed by atoms with Crippen molar-refractivity contribution in [1.29, 1.82) is 0 Å². The first-order chi connectivity index (χ1) is 12.9. The van der Waals surface area contributed by atoms with Gasteiger partial charge in [-0.15, -0.1) is 0 Å². The minimum absolute atomic E-state index is 0.165. The third-order valence-electron chi connectivity index (χ3n) is 4.57. The Morgan fingerprint density at radius 1 is 1.26 bits per heavy atom. The second kappa shape index (κ2) is 7.61. The van der Waals surface area contributed by atoms with Gasteiger partial charge in [0.05, 0.1) is 6.54 Å². The third kappa shape index (κ3) is 3.84. The van der Waals surface area contributed by atoms with E-state index in [1.54, 1.807) is 32.3 Å². The molecule has 2 heterocycles. The van der Waals surface area contributed by atoms with Crippen LogP contribution in [0, 0.1) is 6.92 Å². The van der Waals surface area contributed by atoms with E-state index in [0.29, 0.717) is 17.2 Å². The molecule has 0 radical (unpaired) electrons. The van der Waals surface area contributed by atoms with E-state index in [9.17, 15) is 9.59 Å². The summed E-state index contributed by atoms with van der Waals surface area (Å²) in [6.45, 7) is 6.25. The van der Waals surface area contributed by atoms with Crippen molar-refractivity contribution in [2.75, 3.05) is 7.05 Å². The monoisotopic (exact) mass is 365 g/mol. The first kappa shape index (κ1) is 18.6. The molecular formula is C21H23N3O3. The fourth-order valence-corrected chi connectivity index (χ4v) is 2.95. The van der Waals surface area contributed by atoms with Crippen LogP contribution in [0.5, 0.6) is 0 Å². The number of carbonyl (C=O) groups is 1. The van der Waals surface area contributed by atoms with Crippen molar-refractivity contribution in [1.82, 2.24) is 14.6 Å². The standard InChI is InChI=1S/C21H23N3O3/c1-14(2)16-6-5-7-18(12-16)24-10-8-15(3)19(21(24)26)20(25)23(4)13-17-9-11-27-22-17/h5-12,14H,13H2,1-4H3. The first-order valence-electron chi connectivity index (χ1n) is 8.85. The molecule has 27 heavy (non-hydrogen) atoms. The van der Waals surface area contributed by atoms with E-state index >= 15 is 0 Å². The highest BCUT2D eigenvalue weighted by atomic mass is 16.5. The molecule has 3 rings (SSSR count). The van der Waals surface area contributed by atoms with Gasteiger partial charge in [-0.1, -0.05) is 31.1 Å². The van der Waals surface area contributed by atoms with Crippen LogP contribution in [0.3, 0.4) is 0 Å². The Morgan fingerprint density at radius 2 is 2.04 bits per heavy atom. The van der Waals surface area contributed by atoms with Gasteiger partial charge in [-0.3, -0.25) is 14.2 Å². The highest BCUT2D eigenvalue weighted by Gasteiger charge is 2.21. The van der Waals surface area contributed by atoms with Gasteiger partial charge in [0.15, 0.2) is 0 Å². The number of aromatic nitrogens is 2. The maximum absolute atomic E-state index is 13.1. The molecule has 0 N–H and O–H groups in total. The predicted octanol–water partition coefficient (Wildman–Crippen LogP) is 3.53. The zero-order valence-corrected chi connectivity index (χ0v) is 16.0. The van der Waals surface area contributed by atoms with Crippen molar-refractivity contribution in [3.8, 4) is 5.69 Å². The van der Waals surface area contributed by atoms with Crippen molar-refractivity contribution >= 4 is 5.91 Å². The molecule has 0 unspecified atom stereocenters. The van der Waals surface area contributed by atoms with E-state index in [-0.39, 0.29) is 23.6 Å². The number of hydrogen-bond acceptors (Lipinski definition) is 4. The normalized spacial score (nSPS) is 11.0. The van der Waals surface area contributed by atoms with Crippen molar-refractivity contribution in [3.63, 3.8) is 0 Å². The number of nitrogens with zero attached hydrogens (tertiary/aromatic N) is 3. The quantitative estimate of drug-likeness (QED) is 0.694. The summed E-state index contributed by atoms with van der Waals surface area (Å²) in [5.41, 5.74) is 3.00. The zero-order valence-electron chi connectivity index (χ0n) is 16.0. The van der Waals surface area contributed by atoms with Gasteiger partial charge in [0, 0.05) is 25.0 Å². The van der Waals surface area contributed by atoms with Crippen LogP contribution in [0.15, 0.2) is 58.2 Å². The fourth-order valence-electron chi connectivity index (χ4n) is 2.95. The maximum Gasteiger partial charge on any atom is 0.268 e. The topological polar surface area (TPSA) is 68.3 Å². The predicted molar refractivity (Wildman–Crippen MR) is 103 cm³/mol. The molecule has 140 valence electrons. The van der Waals surface area contributed by atoms with Gasteiger partial charge in [0.25, 0.3) is 11.5 Å². The van der Waals surface area contributed by atoms with Gasteiger partial charge in [-0.2, -0.15) is 0 Å². The largest absolute Gasteiger partial charge is 0.364 e. The van der Waals surface area contributed by atoms with E-state index in [1.807, 2.05) is 24.3 Å². The molecule has 0 fully saturated rings. The summed E-state index contributed by atoms with van der Waals surface area (Å²) in [4.78, 5) is 27.5. The lowest BCUT2D eigenvalue weighted by molar-refractivity contribution is 0.0779. The molecule has 6 heteroatoms. The highest BCUT2D eigenvalue weighted by Crippen LogP contribution is 2.18. The number of benzene rings is 1. The number of amides is 1. The van der Waals surface area contributed by atoms with Crippen molar-refractivity contribution in [3.05, 3.63) is 81.6 Å². The number of aryl methyl sites for hydroxylation is 1. The second-order valence-electron chi connectivity index (χ2n) is 6.95. The summed E-state index contributed by atoms with van der Waals surface area (Å²) >= 11 is 0. The Morgan fingerprint density at radius 3 is 2.70 bits per heavy atom. The molecule has 0 aliphatic carbocycles. The van der Waals surface area contributed by atoms with Crippen LogP contribution in [0.2, 0.25) is 0 Å². The minimum Gasteiger partial charge on any atom is -0.364 e. The first-order valence-corrected chi connectivity index (χ1v) is 8.85. The van der Waals surface area contributed by atoms with Gasteiger partial charge in [0.2, 0.25) is 0 Å². The smallest absolute Gasteiger partial charge is 0.268 e. The number of hydrogen-bond donors (Lipinski definition) is 0. The number of carbonyl (C=O) groups excluding carboxylic acids is 1. The molecule has 0 aliphatic rings. The van der Waals surface area contributed by atoms with Crippen LogP contribution in [-0.4, -0.2) is 27.6 Å². The van der Waals surface area contributed by atoms with E-state index in [2.05, 4.69) is 19.0 Å². The Labute approximate surface area is 158 Å². The summed E-state index contributed by atoms with van der Waals surface area (Å²) in [5, 5.41) is 3.82. The Kier molecular flexibility index (Phi) is 5.26. The summed E-state index contributed by atoms with van der Waals surface area (Å²) in [5.74, 6) is 0.00987. The van der Waals surface area contributed by atoms with Gasteiger partial charge < -0.3 is 9.42 Å². The van der Waals surface area contributed by atoms with Gasteiger partial charge in [-0.05, 0) is 42.2 Å². The molecule has 1 amide bonds. The van der Waals surface area contributed by atoms with Crippen LogP contribution in [0.25, 0.3) is 5.69 Å². The Bertz CT molecular complexity index is 1000. The van der Waals surface area contributed by atoms with E-state index < -0.39 is 0 Å². The number of pyridine rings is 1. The SMILES string of the molecule is Cc1ccn(-c2cccc(C(C)C)c2)c(=O)c1C(=O)N(C)Cc1ccon1. The lowest BCUT2D eigenvalue weighted by Crippen LogP contribution is -2.34. The van der Waals surface area contributed by atoms with Crippen LogP contribution >= 0.6 is 0 Å². The summed E-state index contributed by atoms with van der Waals surface area (Å²) < 4.78 is 6.33. The van der Waals surface area contributed by atoms with Crippen LogP contribution in [0.4, 0.5) is 0 Å². The highest BCUT2D eigenvalue weighted by molar-refractivity contribution is 5.95. The van der Waals surface area contributed by atoms with Crippen LogP contribution in [-0.2, 0) is 6.54 Å². The van der Waals surface area contributed by atoms with Crippen LogP contribution in [0.1, 0.15) is 46.9 Å². The van der Waals surface area contributed by atoms with Gasteiger partial charge in [-0.25, -0.2) is 0 Å². The van der Waals surface area contributed by atoms with Gasteiger partial charge >= 0.3 is 0 Å². The summed E-state index contributed by atoms with van der Waals surface area (Å²) in [6, 6.07) is 11.3. The molecule has 1 aromatic carbocycles. The zero-order chi connectivity index (χ0) is 19.6. The van der Waals surface area contributed by atoms with Gasteiger partial charge in [0.1, 0.15) is 17.5 Å². The molecule has 0 bridgehead atoms. The lowest BCUT2D eigenvalue weighted by atomic mass is 10.0. The molecular weight excluding hydrogens is 342 g/mol. The molecule has 2 aromatic heterocycles. The Balaban J connectivity index is 2.00. The van der Waals surface area contributed by atoms with Crippen molar-refractivity contribution < 1.29 is 9.32 Å². The van der Waals surface area contributed by atoms with Crippen LogP contribution < -0.4 is 5.56 Å². The molecule has 6 nitrogen and oxygen atoms in total. The summed E-state index contributed by atoms with van der Waals surface area (Å²) in [6.07, 6.45) is 3.17. The lowest BCUT2D eigenvalue weighted by Gasteiger charge is -2.18. The molecule has 0 saturated carbocycles. The molecule has 0 saturated heterocycles. The molecule has 0 atom stereocenters. The fraction of sp³-hybridized carbons (Fsp3) is 0.286. The molecule has 0 aliphatic heterocycles. The second-order valence-corrected chi connectivity index (χ2v) is 6.95. The Hall–Kier alpha value is -3.15.